The quantitative estimate of drug-likeness (QED) is 0.838. The molecule has 0 aromatic carbocycles. The molecule has 0 radical (unpaired) electrons. The first-order chi connectivity index (χ1) is 9.58. The molecule has 0 bridgehead atoms. The maximum atomic E-state index is 12.6. The van der Waals surface area contributed by atoms with Crippen LogP contribution in [-0.2, 0) is 20.8 Å². The normalized spacial score (nSPS) is 19.3. The topological polar surface area (TPSA) is 38.8 Å². The summed E-state index contributed by atoms with van der Waals surface area (Å²) in [6.07, 6.45) is -0.442. The van der Waals surface area contributed by atoms with Crippen molar-refractivity contribution in [3.05, 3.63) is 21.9 Å². The Balaban J connectivity index is 2.06. The van der Waals surface area contributed by atoms with Gasteiger partial charge >= 0.3 is 0 Å². The van der Waals surface area contributed by atoms with Crippen LogP contribution in [0.2, 0.25) is 0 Å². The summed E-state index contributed by atoms with van der Waals surface area (Å²) in [4.78, 5) is 15.7. The number of nitrogens with zero attached hydrogens (tertiary/aromatic N) is 1. The fraction of sp³-hybridized carbons (Fsp3) is 0.667. The van der Waals surface area contributed by atoms with E-state index in [1.807, 2.05) is 4.90 Å². The molecule has 1 unspecified atom stereocenters. The molecule has 112 valence electrons. The number of carbonyl (C=O) groups is 1. The van der Waals surface area contributed by atoms with Gasteiger partial charge in [0.05, 0.1) is 26.4 Å². The molecule has 0 aliphatic carbocycles. The summed E-state index contributed by atoms with van der Waals surface area (Å²) in [6, 6.07) is 2.10. The molecule has 5 heteroatoms. The minimum atomic E-state index is -0.442. The van der Waals surface area contributed by atoms with Gasteiger partial charge < -0.3 is 14.4 Å². The van der Waals surface area contributed by atoms with Gasteiger partial charge in [0.15, 0.2) is 6.10 Å². The second-order valence-corrected chi connectivity index (χ2v) is 6.57. The van der Waals surface area contributed by atoms with Crippen LogP contribution in [0, 0.1) is 12.8 Å². The number of hydrogen-bond acceptors (Lipinski definition) is 4. The van der Waals surface area contributed by atoms with Crippen molar-refractivity contribution >= 4 is 17.2 Å². The van der Waals surface area contributed by atoms with Gasteiger partial charge in [0, 0.05) is 11.4 Å². The first-order valence-corrected chi connectivity index (χ1v) is 7.97. The Kier molecular flexibility index (Phi) is 5.57. The van der Waals surface area contributed by atoms with Gasteiger partial charge in [-0.25, -0.2) is 0 Å². The highest BCUT2D eigenvalue weighted by Crippen LogP contribution is 2.20. The number of thiophene rings is 1. The minimum absolute atomic E-state index is 0.0474. The van der Waals surface area contributed by atoms with Crippen LogP contribution in [0.3, 0.4) is 0 Å². The second-order valence-electron chi connectivity index (χ2n) is 5.57. The van der Waals surface area contributed by atoms with E-state index in [1.165, 1.54) is 10.4 Å². The molecule has 1 aromatic heterocycles. The number of ether oxygens (including phenoxy) is 2. The Morgan fingerprint density at radius 2 is 2.30 bits per heavy atom. The molecule has 1 amide bonds. The van der Waals surface area contributed by atoms with Crippen LogP contribution in [0.4, 0.5) is 0 Å². The Morgan fingerprint density at radius 1 is 1.50 bits per heavy atom. The summed E-state index contributed by atoms with van der Waals surface area (Å²) >= 11 is 1.70. The highest BCUT2D eigenvalue weighted by molar-refractivity contribution is 7.10. The summed E-state index contributed by atoms with van der Waals surface area (Å²) in [7, 11) is 0. The smallest absolute Gasteiger partial charge is 0.254 e. The van der Waals surface area contributed by atoms with E-state index in [-0.39, 0.29) is 5.91 Å². The van der Waals surface area contributed by atoms with E-state index < -0.39 is 6.10 Å². The van der Waals surface area contributed by atoms with E-state index in [1.54, 1.807) is 11.3 Å². The van der Waals surface area contributed by atoms with Gasteiger partial charge in [0.1, 0.15) is 0 Å². The highest BCUT2D eigenvalue weighted by atomic mass is 32.1. The van der Waals surface area contributed by atoms with Crippen LogP contribution >= 0.6 is 11.3 Å². The molecule has 0 spiro atoms. The van der Waals surface area contributed by atoms with Crippen molar-refractivity contribution in [1.82, 2.24) is 4.90 Å². The molecule has 2 rings (SSSR count). The molecule has 0 N–H and O–H groups in total. The van der Waals surface area contributed by atoms with Gasteiger partial charge in [-0.3, -0.25) is 4.79 Å². The average Bonchev–Trinajstić information content (AvgIpc) is 2.83. The molecule has 1 aromatic rings. The SMILES string of the molecule is Cc1ccsc1CN(CC(C)C)C(=O)C1COCCO1. The van der Waals surface area contributed by atoms with Crippen LogP contribution in [-0.4, -0.2) is 43.3 Å². The standard InChI is InChI=1S/C15H23NO3S/c1-11(2)8-16(9-14-12(3)4-7-20-14)15(17)13-10-18-5-6-19-13/h4,7,11,13H,5-6,8-10H2,1-3H3. The van der Waals surface area contributed by atoms with Crippen LogP contribution < -0.4 is 0 Å². The first-order valence-electron chi connectivity index (χ1n) is 7.09. The van der Waals surface area contributed by atoms with Gasteiger partial charge in [0.25, 0.3) is 5.91 Å². The third kappa shape index (κ3) is 4.04. The monoisotopic (exact) mass is 297 g/mol. The van der Waals surface area contributed by atoms with Crippen molar-refractivity contribution in [2.45, 2.75) is 33.4 Å². The summed E-state index contributed by atoms with van der Waals surface area (Å²) < 4.78 is 10.9. The fourth-order valence-electron chi connectivity index (χ4n) is 2.25. The summed E-state index contributed by atoms with van der Waals surface area (Å²) in [5, 5.41) is 2.07. The largest absolute Gasteiger partial charge is 0.376 e. The maximum absolute atomic E-state index is 12.6. The third-order valence-corrected chi connectivity index (χ3v) is 4.30. The van der Waals surface area contributed by atoms with Crippen LogP contribution in [0.5, 0.6) is 0 Å². The zero-order chi connectivity index (χ0) is 14.5. The average molecular weight is 297 g/mol. The van der Waals surface area contributed by atoms with Crippen LogP contribution in [0.15, 0.2) is 11.4 Å². The van der Waals surface area contributed by atoms with E-state index in [0.29, 0.717) is 32.3 Å². The van der Waals surface area contributed by atoms with Crippen LogP contribution in [0.1, 0.15) is 24.3 Å². The van der Waals surface area contributed by atoms with Gasteiger partial charge in [-0.15, -0.1) is 11.3 Å². The highest BCUT2D eigenvalue weighted by Gasteiger charge is 2.28. The molecular weight excluding hydrogens is 274 g/mol. The van der Waals surface area contributed by atoms with Crippen LogP contribution in [0.25, 0.3) is 0 Å². The number of hydrogen-bond donors (Lipinski definition) is 0. The van der Waals surface area contributed by atoms with E-state index >= 15 is 0 Å². The van der Waals surface area contributed by atoms with E-state index in [4.69, 9.17) is 9.47 Å². The molecule has 20 heavy (non-hydrogen) atoms. The summed E-state index contributed by atoms with van der Waals surface area (Å²) in [5.74, 6) is 0.481. The first kappa shape index (κ1) is 15.5. The maximum Gasteiger partial charge on any atom is 0.254 e. The second kappa shape index (κ2) is 7.20. The Hall–Kier alpha value is -0.910. The van der Waals surface area contributed by atoms with E-state index in [9.17, 15) is 4.79 Å². The van der Waals surface area contributed by atoms with E-state index in [0.717, 1.165) is 6.54 Å². The van der Waals surface area contributed by atoms with Crippen molar-refractivity contribution in [3.8, 4) is 0 Å². The predicted octanol–water partition coefficient (Wildman–Crippen LogP) is 2.46. The number of aryl methyl sites for hydroxylation is 1. The molecule has 1 aliphatic rings. The Labute approximate surface area is 124 Å². The number of amides is 1. The molecule has 1 saturated heterocycles. The van der Waals surface area contributed by atoms with Crippen molar-refractivity contribution in [2.75, 3.05) is 26.4 Å². The van der Waals surface area contributed by atoms with Crippen molar-refractivity contribution in [3.63, 3.8) is 0 Å². The summed E-state index contributed by atoms with van der Waals surface area (Å²) in [5.41, 5.74) is 1.25. The van der Waals surface area contributed by atoms with Crippen molar-refractivity contribution < 1.29 is 14.3 Å². The lowest BCUT2D eigenvalue weighted by molar-refractivity contribution is -0.159. The van der Waals surface area contributed by atoms with Gasteiger partial charge in [-0.1, -0.05) is 13.8 Å². The summed E-state index contributed by atoms with van der Waals surface area (Å²) in [6.45, 7) is 9.21. The fourth-order valence-corrected chi connectivity index (χ4v) is 3.17. The van der Waals surface area contributed by atoms with Crippen molar-refractivity contribution in [1.29, 1.82) is 0 Å². The molecule has 0 saturated carbocycles. The van der Waals surface area contributed by atoms with Gasteiger partial charge in [0.2, 0.25) is 0 Å². The molecule has 4 nitrogen and oxygen atoms in total. The molecule has 1 atom stereocenters. The number of rotatable bonds is 5. The molecular formula is C15H23NO3S. The third-order valence-electron chi connectivity index (χ3n) is 3.29. The Bertz CT molecular complexity index is 438. The Morgan fingerprint density at radius 3 is 2.85 bits per heavy atom. The zero-order valence-electron chi connectivity index (χ0n) is 12.4. The molecule has 1 aliphatic heterocycles. The predicted molar refractivity (Wildman–Crippen MR) is 79.9 cm³/mol. The number of carbonyl (C=O) groups excluding carboxylic acids is 1. The van der Waals surface area contributed by atoms with Crippen molar-refractivity contribution in [2.24, 2.45) is 5.92 Å². The van der Waals surface area contributed by atoms with Gasteiger partial charge in [-0.05, 0) is 29.9 Å². The van der Waals surface area contributed by atoms with E-state index in [2.05, 4.69) is 32.2 Å². The minimum Gasteiger partial charge on any atom is -0.376 e. The molecule has 2 heterocycles. The molecule has 1 fully saturated rings. The lowest BCUT2D eigenvalue weighted by atomic mass is 10.1. The van der Waals surface area contributed by atoms with Gasteiger partial charge in [-0.2, -0.15) is 0 Å². The zero-order valence-corrected chi connectivity index (χ0v) is 13.2. The lowest BCUT2D eigenvalue weighted by Gasteiger charge is -2.30. The lowest BCUT2D eigenvalue weighted by Crippen LogP contribution is -2.46.